The molecule has 0 bridgehead atoms. The van der Waals surface area contributed by atoms with E-state index in [1.807, 2.05) is 38.8 Å². The van der Waals surface area contributed by atoms with Crippen molar-refractivity contribution < 1.29 is 37.8 Å². The highest BCUT2D eigenvalue weighted by molar-refractivity contribution is 9.10. The molecule has 0 amide bonds. The molecule has 6 N–H and O–H groups in total. The first kappa shape index (κ1) is 39.1. The topological polar surface area (TPSA) is 196 Å². The van der Waals surface area contributed by atoms with Crippen molar-refractivity contribution in [2.45, 2.75) is 0 Å². The number of anilines is 4. The molecule has 54 heavy (non-hydrogen) atoms. The molecule has 0 aliphatic carbocycles. The van der Waals surface area contributed by atoms with Gasteiger partial charge in [0.15, 0.2) is 22.9 Å². The van der Waals surface area contributed by atoms with Crippen molar-refractivity contribution in [3.8, 4) is 22.6 Å². The van der Waals surface area contributed by atoms with Crippen molar-refractivity contribution in [1.82, 2.24) is 0 Å². The standard InChI is InChI=1S/C18H18N2O4S.C11H10BrNO3S.C7H10BNO3/c1-22-15-3-2-11(8-13(15)19)12-10-25-18-14(21)9-16(24-17(12)18)20-4-6-23-7-5-20;12-7-6-17-11-8(14)5-9(16-10(7)11)13-1-3-15-4-2-13;1-12-7-3-2-5(8(10)11)4-6(7)9/h2-3,8-10H,4-7,19H2,1H3;5-6H,1-4H2;2-4,10-11H,9H2,1H3. The smallest absolute Gasteiger partial charge is 0.488 e. The summed E-state index contributed by atoms with van der Waals surface area (Å²) < 4.78 is 34.8. The lowest BCUT2D eigenvalue weighted by molar-refractivity contribution is 0.120. The zero-order valence-corrected chi connectivity index (χ0v) is 32.6. The number of morpholine rings is 2. The van der Waals surface area contributed by atoms with E-state index < -0.39 is 7.12 Å². The number of hydrogen-bond acceptors (Lipinski definition) is 16. The Hall–Kier alpha value is -4.56. The van der Waals surface area contributed by atoms with Crippen molar-refractivity contribution in [3.63, 3.8) is 0 Å². The Kier molecular flexibility index (Phi) is 12.8. The molecule has 284 valence electrons. The summed E-state index contributed by atoms with van der Waals surface area (Å²) >= 11 is 6.18. The molecule has 18 heteroatoms. The lowest BCUT2D eigenvalue weighted by Crippen LogP contribution is -2.36. The maximum atomic E-state index is 12.5. The normalized spacial score (nSPS) is 14.2. The Labute approximate surface area is 326 Å². The van der Waals surface area contributed by atoms with Crippen LogP contribution in [0, 0.1) is 0 Å². The van der Waals surface area contributed by atoms with Crippen LogP contribution in [0.3, 0.4) is 0 Å². The molecule has 8 rings (SSSR count). The summed E-state index contributed by atoms with van der Waals surface area (Å²) in [6.45, 7) is 5.55. The fourth-order valence-corrected chi connectivity index (χ4v) is 8.09. The Bertz CT molecular complexity index is 2330. The van der Waals surface area contributed by atoms with Crippen LogP contribution in [0.2, 0.25) is 0 Å². The van der Waals surface area contributed by atoms with E-state index in [9.17, 15) is 9.59 Å². The van der Waals surface area contributed by atoms with Crippen LogP contribution in [0.5, 0.6) is 11.5 Å². The van der Waals surface area contributed by atoms with E-state index in [0.29, 0.717) is 100 Å². The second-order valence-electron chi connectivity index (χ2n) is 12.0. The lowest BCUT2D eigenvalue weighted by atomic mass is 9.80. The van der Waals surface area contributed by atoms with E-state index in [0.717, 1.165) is 28.7 Å². The molecule has 0 unspecified atom stereocenters. The number of thiophene rings is 2. The Balaban J connectivity index is 0.000000149. The molecule has 6 heterocycles. The number of nitrogens with zero attached hydrogens (tertiary/aromatic N) is 2. The molecular formula is C36H38BBrN4O10S2. The van der Waals surface area contributed by atoms with Crippen LogP contribution in [0.4, 0.5) is 23.1 Å². The minimum atomic E-state index is -1.49. The van der Waals surface area contributed by atoms with Crippen LogP contribution in [-0.4, -0.2) is 84.0 Å². The van der Waals surface area contributed by atoms with Gasteiger partial charge < -0.3 is 59.1 Å². The molecule has 2 aliphatic heterocycles. The molecule has 2 saturated heterocycles. The maximum absolute atomic E-state index is 12.5. The van der Waals surface area contributed by atoms with E-state index in [2.05, 4.69) is 15.9 Å². The van der Waals surface area contributed by atoms with Crippen molar-refractivity contribution in [2.75, 3.05) is 88.1 Å². The molecular weight excluding hydrogens is 803 g/mol. The van der Waals surface area contributed by atoms with Crippen molar-refractivity contribution in [2.24, 2.45) is 0 Å². The van der Waals surface area contributed by atoms with E-state index in [-0.39, 0.29) is 10.9 Å². The number of ether oxygens (including phenoxy) is 4. The van der Waals surface area contributed by atoms with E-state index in [1.165, 1.54) is 35.8 Å². The molecule has 14 nitrogen and oxygen atoms in total. The number of fused-ring (bicyclic) bond motifs is 2. The number of rotatable bonds is 6. The summed E-state index contributed by atoms with van der Waals surface area (Å²) in [6.07, 6.45) is 0. The second-order valence-corrected chi connectivity index (χ2v) is 14.6. The van der Waals surface area contributed by atoms with Gasteiger partial charge in [-0.15, -0.1) is 22.7 Å². The molecule has 2 aromatic carbocycles. The zero-order valence-electron chi connectivity index (χ0n) is 29.4. The number of methoxy groups -OCH3 is 2. The average molecular weight is 842 g/mol. The Morgan fingerprint density at radius 1 is 0.722 bits per heavy atom. The first-order chi connectivity index (χ1) is 26.1. The van der Waals surface area contributed by atoms with Crippen LogP contribution in [0.25, 0.3) is 31.7 Å². The summed E-state index contributed by atoms with van der Waals surface area (Å²) in [6, 6.07) is 13.3. The molecule has 0 radical (unpaired) electrons. The van der Waals surface area contributed by atoms with Crippen LogP contribution < -0.4 is 47.1 Å². The molecule has 0 saturated carbocycles. The van der Waals surface area contributed by atoms with Crippen LogP contribution in [-0.2, 0) is 9.47 Å². The van der Waals surface area contributed by atoms with Gasteiger partial charge in [-0.2, -0.15) is 0 Å². The largest absolute Gasteiger partial charge is 0.495 e. The van der Waals surface area contributed by atoms with Gasteiger partial charge in [0.1, 0.15) is 20.9 Å². The predicted molar refractivity (Wildman–Crippen MR) is 218 cm³/mol. The summed E-state index contributed by atoms with van der Waals surface area (Å²) in [5, 5.41) is 21.3. The first-order valence-electron chi connectivity index (χ1n) is 16.7. The fraction of sp³-hybridized carbons (Fsp3) is 0.278. The van der Waals surface area contributed by atoms with Crippen molar-refractivity contribution >= 4 is 94.9 Å². The summed E-state index contributed by atoms with van der Waals surface area (Å²) in [5.41, 5.74) is 15.8. The predicted octanol–water partition coefficient (Wildman–Crippen LogP) is 4.36. The minimum absolute atomic E-state index is 0.0171. The van der Waals surface area contributed by atoms with Gasteiger partial charge in [0.05, 0.1) is 56.5 Å². The van der Waals surface area contributed by atoms with Crippen LogP contribution in [0.15, 0.2) is 82.2 Å². The van der Waals surface area contributed by atoms with Gasteiger partial charge in [-0.25, -0.2) is 0 Å². The molecule has 0 atom stereocenters. The Morgan fingerprint density at radius 3 is 1.74 bits per heavy atom. The second kappa shape index (κ2) is 17.7. The molecule has 2 fully saturated rings. The third-order valence-corrected chi connectivity index (χ3v) is 11.4. The number of nitrogens with two attached hydrogens (primary N) is 2. The summed E-state index contributed by atoms with van der Waals surface area (Å²) in [4.78, 5) is 28.5. The van der Waals surface area contributed by atoms with Crippen LogP contribution >= 0.6 is 38.6 Å². The molecule has 2 aliphatic rings. The van der Waals surface area contributed by atoms with Gasteiger partial charge in [0.2, 0.25) is 10.9 Å². The van der Waals surface area contributed by atoms with Gasteiger partial charge in [-0.05, 0) is 51.2 Å². The Morgan fingerprint density at radius 2 is 1.22 bits per heavy atom. The number of nitrogen functional groups attached to an aromatic ring is 2. The van der Waals surface area contributed by atoms with Crippen molar-refractivity contribution in [1.29, 1.82) is 0 Å². The summed E-state index contributed by atoms with van der Waals surface area (Å²) in [5.74, 6) is 2.37. The third-order valence-electron chi connectivity index (χ3n) is 8.56. The van der Waals surface area contributed by atoms with Crippen LogP contribution in [0.1, 0.15) is 0 Å². The zero-order chi connectivity index (χ0) is 38.4. The number of benzene rings is 2. The monoisotopic (exact) mass is 840 g/mol. The number of hydrogen-bond donors (Lipinski definition) is 4. The van der Waals surface area contributed by atoms with Crippen molar-refractivity contribution in [3.05, 3.63) is 84.2 Å². The van der Waals surface area contributed by atoms with Gasteiger partial charge in [-0.1, -0.05) is 12.1 Å². The highest BCUT2D eigenvalue weighted by Gasteiger charge is 2.20. The van der Waals surface area contributed by atoms with Gasteiger partial charge in [-0.3, -0.25) is 9.59 Å². The minimum Gasteiger partial charge on any atom is -0.495 e. The fourth-order valence-electron chi connectivity index (χ4n) is 5.73. The number of halogens is 1. The third kappa shape index (κ3) is 8.87. The average Bonchev–Trinajstić information content (AvgIpc) is 3.80. The SMILES string of the molecule is COc1ccc(-c2csc3c(=O)cc(N4CCOCC4)oc23)cc1N.COc1ccc(B(O)O)cc1N.O=c1cc(N2CCOCC2)oc2c(Br)csc12. The summed E-state index contributed by atoms with van der Waals surface area (Å²) in [7, 11) is 1.60. The van der Waals surface area contributed by atoms with E-state index in [4.69, 9.17) is 49.3 Å². The molecule has 4 aromatic heterocycles. The first-order valence-corrected chi connectivity index (χ1v) is 19.3. The van der Waals surface area contributed by atoms with E-state index in [1.54, 1.807) is 31.4 Å². The molecule has 6 aromatic rings. The van der Waals surface area contributed by atoms with E-state index >= 15 is 0 Å². The lowest BCUT2D eigenvalue weighted by Gasteiger charge is -2.27. The quantitative estimate of drug-likeness (QED) is 0.136. The van der Waals surface area contributed by atoms with Gasteiger partial charge >= 0.3 is 7.12 Å². The highest BCUT2D eigenvalue weighted by atomic mass is 79.9. The highest BCUT2D eigenvalue weighted by Crippen LogP contribution is 2.37. The van der Waals surface area contributed by atoms with Gasteiger partial charge in [0, 0.05) is 54.6 Å². The van der Waals surface area contributed by atoms with Gasteiger partial charge in [0.25, 0.3) is 0 Å². The maximum Gasteiger partial charge on any atom is 0.488 e. The molecule has 0 spiro atoms.